The third-order valence-corrected chi connectivity index (χ3v) is 2.60. The molecule has 0 bridgehead atoms. The number of piperidine rings is 1. The van der Waals surface area contributed by atoms with Crippen LogP contribution in [0, 0.1) is 0 Å². The largest absolute Gasteiger partial charge is 0.333 e. The monoisotopic (exact) mass is 224 g/mol. The normalized spacial score (nSPS) is 21.0. The highest BCUT2D eigenvalue weighted by Gasteiger charge is 2.31. The molecule has 1 saturated heterocycles. The van der Waals surface area contributed by atoms with E-state index in [1.807, 2.05) is 6.92 Å². The summed E-state index contributed by atoms with van der Waals surface area (Å²) in [7, 11) is 1.59. The van der Waals surface area contributed by atoms with E-state index in [9.17, 15) is 14.4 Å². The first-order valence-corrected chi connectivity index (χ1v) is 5.26. The van der Waals surface area contributed by atoms with Crippen LogP contribution < -0.4 is 5.32 Å². The van der Waals surface area contributed by atoms with E-state index < -0.39 is 6.04 Å². The molecule has 16 heavy (non-hydrogen) atoms. The maximum Gasteiger partial charge on any atom is 0.249 e. The minimum Gasteiger partial charge on any atom is -0.333 e. The van der Waals surface area contributed by atoms with E-state index in [-0.39, 0.29) is 30.6 Å². The van der Waals surface area contributed by atoms with Crippen molar-refractivity contribution in [1.29, 1.82) is 0 Å². The Hall–Kier alpha value is -1.65. The Morgan fingerprint density at radius 3 is 2.81 bits per heavy atom. The van der Waals surface area contributed by atoms with Crippen LogP contribution in [-0.4, -0.2) is 35.7 Å². The number of nitrogens with zero attached hydrogens (tertiary/aromatic N) is 1. The summed E-state index contributed by atoms with van der Waals surface area (Å²) in [5.41, 5.74) is 0. The summed E-state index contributed by atoms with van der Waals surface area (Å²) in [5.74, 6) is -0.768. The predicted molar refractivity (Wildman–Crippen MR) is 58.4 cm³/mol. The Kier molecular flexibility index (Phi) is 4.22. The van der Waals surface area contributed by atoms with E-state index in [2.05, 4.69) is 5.32 Å². The molecule has 0 saturated carbocycles. The van der Waals surface area contributed by atoms with Gasteiger partial charge in [-0.2, -0.15) is 0 Å². The lowest BCUT2D eigenvalue weighted by Gasteiger charge is -2.29. The number of carbonyl (C=O) groups is 3. The van der Waals surface area contributed by atoms with E-state index in [1.54, 1.807) is 19.2 Å². The Labute approximate surface area is 94.5 Å². The van der Waals surface area contributed by atoms with Gasteiger partial charge in [-0.05, 0) is 13.3 Å². The molecule has 0 aliphatic carbocycles. The minimum atomic E-state index is -0.518. The van der Waals surface area contributed by atoms with Crippen LogP contribution in [0.4, 0.5) is 0 Å². The van der Waals surface area contributed by atoms with Gasteiger partial charge in [0.05, 0.1) is 0 Å². The Morgan fingerprint density at radius 1 is 1.56 bits per heavy atom. The van der Waals surface area contributed by atoms with Crippen LogP contribution in [0.25, 0.3) is 0 Å². The average Bonchev–Trinajstić information content (AvgIpc) is 2.25. The molecule has 1 unspecified atom stereocenters. The number of hydrogen-bond acceptors (Lipinski definition) is 3. The van der Waals surface area contributed by atoms with Crippen molar-refractivity contribution in [3.05, 3.63) is 12.2 Å². The second-order valence-electron chi connectivity index (χ2n) is 3.74. The summed E-state index contributed by atoms with van der Waals surface area (Å²) < 4.78 is 0. The topological polar surface area (TPSA) is 66.5 Å². The zero-order chi connectivity index (χ0) is 12.1. The van der Waals surface area contributed by atoms with Crippen LogP contribution >= 0.6 is 0 Å². The SMILES string of the molecule is C/C=C\CC(=O)N(C)C1CCC(=O)NC1=O. The number of hydrogen-bond donors (Lipinski definition) is 1. The minimum absolute atomic E-state index is 0.118. The second-order valence-corrected chi connectivity index (χ2v) is 3.74. The molecule has 1 fully saturated rings. The first kappa shape index (κ1) is 12.4. The van der Waals surface area contributed by atoms with Gasteiger partial charge in [0, 0.05) is 19.9 Å². The van der Waals surface area contributed by atoms with Gasteiger partial charge in [-0.1, -0.05) is 12.2 Å². The molecule has 1 aliphatic heterocycles. The third kappa shape index (κ3) is 2.92. The van der Waals surface area contributed by atoms with Gasteiger partial charge in [-0.25, -0.2) is 0 Å². The van der Waals surface area contributed by atoms with E-state index in [4.69, 9.17) is 0 Å². The molecule has 3 amide bonds. The van der Waals surface area contributed by atoms with Gasteiger partial charge in [0.1, 0.15) is 6.04 Å². The van der Waals surface area contributed by atoms with Crippen LogP contribution in [0.5, 0.6) is 0 Å². The molecule has 0 aromatic carbocycles. The highest BCUT2D eigenvalue weighted by atomic mass is 16.2. The first-order valence-electron chi connectivity index (χ1n) is 5.26. The van der Waals surface area contributed by atoms with Crippen molar-refractivity contribution in [2.75, 3.05) is 7.05 Å². The molecule has 0 aromatic rings. The van der Waals surface area contributed by atoms with Gasteiger partial charge >= 0.3 is 0 Å². The Bertz CT molecular complexity index is 336. The lowest BCUT2D eigenvalue weighted by Crippen LogP contribution is -2.52. The number of imide groups is 1. The zero-order valence-electron chi connectivity index (χ0n) is 9.53. The standard InChI is InChI=1S/C11H16N2O3/c1-3-4-5-10(15)13(2)8-6-7-9(14)12-11(8)16/h3-4,8H,5-7H2,1-2H3,(H,12,14,16)/b4-3-. The van der Waals surface area contributed by atoms with Gasteiger partial charge in [-0.15, -0.1) is 0 Å². The Balaban J connectivity index is 2.59. The van der Waals surface area contributed by atoms with Crippen LogP contribution in [0.3, 0.4) is 0 Å². The molecule has 1 rings (SSSR count). The van der Waals surface area contributed by atoms with Crippen LogP contribution in [0.15, 0.2) is 12.2 Å². The molecule has 1 heterocycles. The third-order valence-electron chi connectivity index (χ3n) is 2.60. The number of nitrogens with one attached hydrogen (secondary N) is 1. The van der Waals surface area contributed by atoms with Gasteiger partial charge < -0.3 is 4.90 Å². The van der Waals surface area contributed by atoms with Crippen molar-refractivity contribution in [3.8, 4) is 0 Å². The average molecular weight is 224 g/mol. The van der Waals surface area contributed by atoms with Gasteiger partial charge in [-0.3, -0.25) is 19.7 Å². The number of amides is 3. The van der Waals surface area contributed by atoms with Crippen LogP contribution in [0.2, 0.25) is 0 Å². The maximum atomic E-state index is 11.6. The molecule has 1 N–H and O–H groups in total. The van der Waals surface area contributed by atoms with E-state index in [1.165, 1.54) is 4.90 Å². The molecule has 1 aliphatic rings. The number of allylic oxidation sites excluding steroid dienone is 1. The Morgan fingerprint density at radius 2 is 2.25 bits per heavy atom. The lowest BCUT2D eigenvalue weighted by atomic mass is 10.0. The molecule has 0 radical (unpaired) electrons. The van der Waals surface area contributed by atoms with Gasteiger partial charge in [0.2, 0.25) is 17.7 Å². The molecule has 0 spiro atoms. The summed E-state index contributed by atoms with van der Waals surface area (Å²) in [6.45, 7) is 1.83. The molecular formula is C11H16N2O3. The smallest absolute Gasteiger partial charge is 0.249 e. The lowest BCUT2D eigenvalue weighted by molar-refractivity contribution is -0.144. The van der Waals surface area contributed by atoms with Crippen molar-refractivity contribution in [3.63, 3.8) is 0 Å². The molecule has 1 atom stereocenters. The second kappa shape index (κ2) is 5.44. The quantitative estimate of drug-likeness (QED) is 0.550. The van der Waals surface area contributed by atoms with Gasteiger partial charge in [0.15, 0.2) is 0 Å². The molecule has 5 nitrogen and oxygen atoms in total. The summed E-state index contributed by atoms with van der Waals surface area (Å²) >= 11 is 0. The summed E-state index contributed by atoms with van der Waals surface area (Å²) in [5, 5.41) is 2.23. The van der Waals surface area contributed by atoms with E-state index in [0.29, 0.717) is 6.42 Å². The molecule has 5 heteroatoms. The van der Waals surface area contributed by atoms with Crippen LogP contribution in [-0.2, 0) is 14.4 Å². The molecule has 0 aromatic heterocycles. The highest BCUT2D eigenvalue weighted by Crippen LogP contribution is 2.11. The van der Waals surface area contributed by atoms with Crippen molar-refractivity contribution in [2.24, 2.45) is 0 Å². The van der Waals surface area contributed by atoms with Crippen LogP contribution in [0.1, 0.15) is 26.2 Å². The number of likely N-dealkylation sites (N-methyl/N-ethyl adjacent to an activating group) is 1. The van der Waals surface area contributed by atoms with E-state index >= 15 is 0 Å². The number of carbonyl (C=O) groups excluding carboxylic acids is 3. The number of rotatable bonds is 3. The summed E-state index contributed by atoms with van der Waals surface area (Å²) in [6.07, 6.45) is 4.51. The fraction of sp³-hybridized carbons (Fsp3) is 0.545. The molecule has 88 valence electrons. The van der Waals surface area contributed by atoms with Crippen molar-refractivity contribution < 1.29 is 14.4 Å². The van der Waals surface area contributed by atoms with Crippen molar-refractivity contribution in [2.45, 2.75) is 32.2 Å². The molecular weight excluding hydrogens is 208 g/mol. The summed E-state index contributed by atoms with van der Waals surface area (Å²) in [6, 6.07) is -0.518. The summed E-state index contributed by atoms with van der Waals surface area (Å²) in [4.78, 5) is 35.5. The van der Waals surface area contributed by atoms with E-state index in [0.717, 1.165) is 0 Å². The van der Waals surface area contributed by atoms with Crippen molar-refractivity contribution >= 4 is 17.7 Å². The van der Waals surface area contributed by atoms with Crippen molar-refractivity contribution in [1.82, 2.24) is 10.2 Å². The first-order chi connectivity index (χ1) is 7.56. The predicted octanol–water partition coefficient (Wildman–Crippen LogP) is 0.216. The van der Waals surface area contributed by atoms with Gasteiger partial charge in [0.25, 0.3) is 0 Å². The fourth-order valence-corrected chi connectivity index (χ4v) is 1.59. The highest BCUT2D eigenvalue weighted by molar-refractivity contribution is 6.01. The fourth-order valence-electron chi connectivity index (χ4n) is 1.59. The maximum absolute atomic E-state index is 11.6. The zero-order valence-corrected chi connectivity index (χ0v) is 9.53.